The molecule has 25 heavy (non-hydrogen) atoms. The number of ether oxygens (including phenoxy) is 1. The molecule has 1 amide bonds. The van der Waals surface area contributed by atoms with Gasteiger partial charge in [-0.15, -0.1) is 0 Å². The topological polar surface area (TPSA) is 29.5 Å². The van der Waals surface area contributed by atoms with Crippen molar-refractivity contribution in [2.75, 3.05) is 13.1 Å². The summed E-state index contributed by atoms with van der Waals surface area (Å²) < 4.78 is 5.74. The zero-order chi connectivity index (χ0) is 17.6. The van der Waals surface area contributed by atoms with Gasteiger partial charge in [-0.3, -0.25) is 4.79 Å². The summed E-state index contributed by atoms with van der Waals surface area (Å²) >= 11 is 0. The van der Waals surface area contributed by atoms with Crippen LogP contribution in [0.25, 0.3) is 0 Å². The minimum absolute atomic E-state index is 0.117. The Labute approximate surface area is 151 Å². The highest BCUT2D eigenvalue weighted by Gasteiger charge is 2.26. The lowest BCUT2D eigenvalue weighted by Crippen LogP contribution is -2.49. The minimum atomic E-state index is 0.117. The quantitative estimate of drug-likeness (QED) is 0.787. The van der Waals surface area contributed by atoms with Gasteiger partial charge in [-0.2, -0.15) is 0 Å². The lowest BCUT2D eigenvalue weighted by molar-refractivity contribution is -0.140. The summed E-state index contributed by atoms with van der Waals surface area (Å²) in [6.07, 6.45) is 1.51. The van der Waals surface area contributed by atoms with E-state index in [0.29, 0.717) is 19.5 Å². The molecule has 3 rings (SSSR count). The molecule has 2 aromatic rings. The van der Waals surface area contributed by atoms with Crippen LogP contribution in [0.2, 0.25) is 0 Å². The molecule has 1 fully saturated rings. The van der Waals surface area contributed by atoms with Crippen molar-refractivity contribution in [3.8, 4) is 0 Å². The fraction of sp³-hybridized carbons (Fsp3) is 0.381. The van der Waals surface area contributed by atoms with Gasteiger partial charge >= 0.3 is 0 Å². The van der Waals surface area contributed by atoms with E-state index < -0.39 is 0 Å². The lowest BCUT2D eigenvalue weighted by Gasteiger charge is -2.35. The van der Waals surface area contributed by atoms with Gasteiger partial charge in [-0.1, -0.05) is 60.7 Å². The predicted octanol–water partition coefficient (Wildman–Crippen LogP) is 2.81. The number of amides is 1. The third-order valence-corrected chi connectivity index (χ3v) is 4.82. The molecular weight excluding hydrogens is 309 g/mol. The van der Waals surface area contributed by atoms with E-state index in [-0.39, 0.29) is 23.9 Å². The SMILES string of the molecule is BC1CN(C(=O)CCC(c2ccccc2)c2ccccc2)CC(C)O1. The minimum Gasteiger partial charge on any atom is -0.381 e. The molecule has 0 aromatic heterocycles. The van der Waals surface area contributed by atoms with Gasteiger partial charge in [-0.05, 0) is 24.5 Å². The number of hydrogen-bond acceptors (Lipinski definition) is 2. The Balaban J connectivity index is 1.70. The van der Waals surface area contributed by atoms with Crippen molar-refractivity contribution in [3.63, 3.8) is 0 Å². The van der Waals surface area contributed by atoms with Gasteiger partial charge in [0, 0.05) is 31.4 Å². The molecule has 0 radical (unpaired) electrons. The number of rotatable bonds is 5. The summed E-state index contributed by atoms with van der Waals surface area (Å²) in [5, 5.41) is 0. The standard InChI is InChI=1S/C21H26BNO2/c1-16-14-23(15-20(22)25-16)21(24)13-12-19(17-8-4-2-5-9-17)18-10-6-3-7-11-18/h2-11,16,19-20H,12-15,22H2,1H3. The fourth-order valence-corrected chi connectivity index (χ4v) is 3.70. The number of morpholine rings is 1. The number of carbonyl (C=O) groups is 1. The van der Waals surface area contributed by atoms with Crippen molar-refractivity contribution in [2.24, 2.45) is 0 Å². The maximum Gasteiger partial charge on any atom is 0.222 e. The molecule has 2 atom stereocenters. The van der Waals surface area contributed by atoms with E-state index in [1.54, 1.807) is 0 Å². The first kappa shape index (κ1) is 17.7. The first-order valence-electron chi connectivity index (χ1n) is 9.16. The fourth-order valence-electron chi connectivity index (χ4n) is 3.70. The van der Waals surface area contributed by atoms with Crippen LogP contribution in [0.4, 0.5) is 0 Å². The van der Waals surface area contributed by atoms with Gasteiger partial charge < -0.3 is 9.64 Å². The van der Waals surface area contributed by atoms with E-state index in [1.807, 2.05) is 31.8 Å². The zero-order valence-electron chi connectivity index (χ0n) is 15.1. The molecule has 3 nitrogen and oxygen atoms in total. The lowest BCUT2D eigenvalue weighted by atomic mass is 9.87. The summed E-state index contributed by atoms with van der Waals surface area (Å²) in [5.41, 5.74) is 2.54. The molecule has 2 aromatic carbocycles. The Kier molecular flexibility index (Phi) is 5.93. The Morgan fingerprint density at radius 3 is 2.16 bits per heavy atom. The average Bonchev–Trinajstić information content (AvgIpc) is 2.63. The van der Waals surface area contributed by atoms with Crippen molar-refractivity contribution in [3.05, 3.63) is 71.8 Å². The van der Waals surface area contributed by atoms with Crippen LogP contribution in [0.15, 0.2) is 60.7 Å². The molecule has 0 saturated carbocycles. The molecule has 1 heterocycles. The Morgan fingerprint density at radius 1 is 1.08 bits per heavy atom. The van der Waals surface area contributed by atoms with Crippen molar-refractivity contribution < 1.29 is 9.53 Å². The molecule has 1 aliphatic heterocycles. The first-order chi connectivity index (χ1) is 12.1. The molecule has 0 aliphatic carbocycles. The summed E-state index contributed by atoms with van der Waals surface area (Å²) in [5.74, 6) is 0.487. The molecule has 2 unspecified atom stereocenters. The van der Waals surface area contributed by atoms with Crippen LogP contribution >= 0.6 is 0 Å². The van der Waals surface area contributed by atoms with Crippen LogP contribution < -0.4 is 0 Å². The molecule has 0 bridgehead atoms. The maximum absolute atomic E-state index is 12.7. The van der Waals surface area contributed by atoms with Gasteiger partial charge in [-0.25, -0.2) is 0 Å². The molecule has 1 aliphatic rings. The molecule has 0 spiro atoms. The van der Waals surface area contributed by atoms with Crippen LogP contribution in [0, 0.1) is 0 Å². The van der Waals surface area contributed by atoms with Crippen LogP contribution in [0.1, 0.15) is 36.8 Å². The van der Waals surface area contributed by atoms with Gasteiger partial charge in [0.1, 0.15) is 7.85 Å². The second kappa shape index (κ2) is 8.35. The van der Waals surface area contributed by atoms with Crippen molar-refractivity contribution >= 4 is 13.8 Å². The Hall–Kier alpha value is -2.07. The van der Waals surface area contributed by atoms with Crippen molar-refractivity contribution in [1.29, 1.82) is 0 Å². The van der Waals surface area contributed by atoms with E-state index in [0.717, 1.165) is 6.42 Å². The molecule has 4 heteroatoms. The third kappa shape index (κ3) is 4.73. The summed E-state index contributed by atoms with van der Waals surface area (Å²) in [7, 11) is 2.03. The average molecular weight is 335 g/mol. The van der Waals surface area contributed by atoms with E-state index in [2.05, 4.69) is 48.5 Å². The molecule has 1 saturated heterocycles. The summed E-state index contributed by atoms with van der Waals surface area (Å²) in [4.78, 5) is 14.7. The van der Waals surface area contributed by atoms with Crippen LogP contribution in [0.3, 0.4) is 0 Å². The first-order valence-corrected chi connectivity index (χ1v) is 9.16. The van der Waals surface area contributed by atoms with E-state index in [4.69, 9.17) is 4.74 Å². The van der Waals surface area contributed by atoms with E-state index >= 15 is 0 Å². The smallest absolute Gasteiger partial charge is 0.222 e. The second-order valence-corrected chi connectivity index (χ2v) is 6.97. The number of hydrogen-bond donors (Lipinski definition) is 0. The third-order valence-electron chi connectivity index (χ3n) is 4.82. The summed E-state index contributed by atoms with van der Waals surface area (Å²) in [6.45, 7) is 3.43. The van der Waals surface area contributed by atoms with Gasteiger partial charge in [0.05, 0.1) is 6.10 Å². The number of benzene rings is 2. The highest BCUT2D eigenvalue weighted by Crippen LogP contribution is 2.29. The van der Waals surface area contributed by atoms with Crippen molar-refractivity contribution in [1.82, 2.24) is 4.90 Å². The highest BCUT2D eigenvalue weighted by atomic mass is 16.5. The van der Waals surface area contributed by atoms with Crippen LogP contribution in [0.5, 0.6) is 0 Å². The Morgan fingerprint density at radius 2 is 1.64 bits per heavy atom. The number of nitrogens with zero attached hydrogens (tertiary/aromatic N) is 1. The van der Waals surface area contributed by atoms with Gasteiger partial charge in [0.2, 0.25) is 5.91 Å². The zero-order valence-corrected chi connectivity index (χ0v) is 15.1. The largest absolute Gasteiger partial charge is 0.381 e. The van der Waals surface area contributed by atoms with E-state index in [9.17, 15) is 4.79 Å². The summed E-state index contributed by atoms with van der Waals surface area (Å²) in [6, 6.07) is 21.1. The monoisotopic (exact) mass is 335 g/mol. The van der Waals surface area contributed by atoms with Gasteiger partial charge in [0.15, 0.2) is 0 Å². The van der Waals surface area contributed by atoms with Crippen LogP contribution in [-0.2, 0) is 9.53 Å². The molecule has 0 N–H and O–H groups in total. The predicted molar refractivity (Wildman–Crippen MR) is 103 cm³/mol. The number of carbonyl (C=O) groups excluding carboxylic acids is 1. The van der Waals surface area contributed by atoms with Gasteiger partial charge in [0.25, 0.3) is 0 Å². The highest BCUT2D eigenvalue weighted by molar-refractivity contribution is 6.11. The normalized spacial score (nSPS) is 20.6. The maximum atomic E-state index is 12.7. The molecule has 130 valence electrons. The molecular formula is C21H26BNO2. The second-order valence-electron chi connectivity index (χ2n) is 6.97. The van der Waals surface area contributed by atoms with Crippen LogP contribution in [-0.4, -0.2) is 43.9 Å². The van der Waals surface area contributed by atoms with E-state index in [1.165, 1.54) is 11.1 Å². The Bertz CT molecular complexity index is 627. The van der Waals surface area contributed by atoms with Crippen molar-refractivity contribution in [2.45, 2.75) is 37.8 Å².